The molecule has 1 fully saturated rings. The largest absolute Gasteiger partial charge is 0.493 e. The van der Waals surface area contributed by atoms with Gasteiger partial charge < -0.3 is 18.9 Å². The summed E-state index contributed by atoms with van der Waals surface area (Å²) in [6.07, 6.45) is 0.270. The van der Waals surface area contributed by atoms with E-state index in [2.05, 4.69) is 27.7 Å². The van der Waals surface area contributed by atoms with Crippen molar-refractivity contribution in [2.24, 2.45) is 11.8 Å². The van der Waals surface area contributed by atoms with Gasteiger partial charge in [0.15, 0.2) is 11.5 Å². The minimum Gasteiger partial charge on any atom is -0.493 e. The summed E-state index contributed by atoms with van der Waals surface area (Å²) in [7, 11) is 1.67. The summed E-state index contributed by atoms with van der Waals surface area (Å²) in [6.45, 7) is 10.6. The van der Waals surface area contributed by atoms with Crippen molar-refractivity contribution in [2.75, 3.05) is 26.9 Å². The Kier molecular flexibility index (Phi) is 6.09. The summed E-state index contributed by atoms with van der Waals surface area (Å²) < 4.78 is 22.5. The fourth-order valence-electron chi connectivity index (χ4n) is 2.22. The van der Waals surface area contributed by atoms with Crippen LogP contribution in [-0.4, -0.2) is 33.0 Å². The lowest BCUT2D eigenvalue weighted by atomic mass is 10.1. The molecular weight excluding hydrogens is 280 g/mol. The molecule has 0 aromatic heterocycles. The van der Waals surface area contributed by atoms with Gasteiger partial charge in [-0.1, -0.05) is 33.8 Å². The maximum atomic E-state index is 5.77. The van der Waals surface area contributed by atoms with Crippen LogP contribution in [0.5, 0.6) is 11.5 Å². The molecular formula is C18H28O4. The SMILES string of the molecule is COc1cc([C@H]2O[C@@H]2COCC(C)C)ccc1OCC(C)C. The van der Waals surface area contributed by atoms with Crippen molar-refractivity contribution in [1.29, 1.82) is 0 Å². The first kappa shape index (κ1) is 17.1. The van der Waals surface area contributed by atoms with Crippen molar-refractivity contribution >= 4 is 0 Å². The lowest BCUT2D eigenvalue weighted by Gasteiger charge is -2.13. The maximum Gasteiger partial charge on any atom is 0.161 e. The molecule has 0 aliphatic carbocycles. The van der Waals surface area contributed by atoms with Gasteiger partial charge in [-0.2, -0.15) is 0 Å². The van der Waals surface area contributed by atoms with Crippen LogP contribution in [0.25, 0.3) is 0 Å². The highest BCUT2D eigenvalue weighted by Gasteiger charge is 2.40. The molecule has 0 N–H and O–H groups in total. The maximum absolute atomic E-state index is 5.77. The second-order valence-electron chi connectivity index (χ2n) is 6.64. The van der Waals surface area contributed by atoms with Crippen molar-refractivity contribution in [1.82, 2.24) is 0 Å². The zero-order chi connectivity index (χ0) is 16.1. The third kappa shape index (κ3) is 4.89. The number of hydrogen-bond acceptors (Lipinski definition) is 4. The van der Waals surface area contributed by atoms with Crippen molar-refractivity contribution < 1.29 is 18.9 Å². The molecule has 0 unspecified atom stereocenters. The first-order valence-corrected chi connectivity index (χ1v) is 8.05. The van der Waals surface area contributed by atoms with Crippen molar-refractivity contribution in [3.05, 3.63) is 23.8 Å². The number of benzene rings is 1. The Morgan fingerprint density at radius 1 is 1.05 bits per heavy atom. The molecule has 0 amide bonds. The smallest absolute Gasteiger partial charge is 0.161 e. The van der Waals surface area contributed by atoms with Gasteiger partial charge in [-0.15, -0.1) is 0 Å². The van der Waals surface area contributed by atoms with Crippen molar-refractivity contribution in [2.45, 2.75) is 39.9 Å². The second-order valence-corrected chi connectivity index (χ2v) is 6.64. The molecule has 1 aliphatic heterocycles. The number of methoxy groups -OCH3 is 1. The molecule has 2 rings (SSSR count). The van der Waals surface area contributed by atoms with E-state index in [1.165, 1.54) is 0 Å². The van der Waals surface area contributed by atoms with Gasteiger partial charge in [0.05, 0.1) is 20.3 Å². The van der Waals surface area contributed by atoms with Gasteiger partial charge >= 0.3 is 0 Å². The first-order valence-electron chi connectivity index (χ1n) is 8.05. The Bertz CT molecular complexity index is 470. The van der Waals surface area contributed by atoms with Gasteiger partial charge in [-0.25, -0.2) is 0 Å². The van der Waals surface area contributed by atoms with Gasteiger partial charge in [0.25, 0.3) is 0 Å². The summed E-state index contributed by atoms with van der Waals surface area (Å²) in [5, 5.41) is 0. The standard InChI is InChI=1S/C18H28O4/c1-12(2)9-20-11-17-18(22-17)14-6-7-15(16(8-14)19-5)21-10-13(3)4/h6-8,12-13,17-18H,9-11H2,1-5H3/t17-,18-/m1/s1. The average Bonchev–Trinajstić information content (AvgIpc) is 3.24. The number of ether oxygens (including phenoxy) is 4. The zero-order valence-electron chi connectivity index (χ0n) is 14.3. The Labute approximate surface area is 133 Å². The number of hydrogen-bond donors (Lipinski definition) is 0. The highest BCUT2D eigenvalue weighted by Crippen LogP contribution is 2.42. The molecule has 0 bridgehead atoms. The van der Waals surface area contributed by atoms with Crippen LogP contribution in [0.2, 0.25) is 0 Å². The molecule has 0 spiro atoms. The van der Waals surface area contributed by atoms with E-state index >= 15 is 0 Å². The number of rotatable bonds is 9. The Balaban J connectivity index is 1.90. The summed E-state index contributed by atoms with van der Waals surface area (Å²) in [4.78, 5) is 0. The third-order valence-corrected chi connectivity index (χ3v) is 3.40. The van der Waals surface area contributed by atoms with Crippen LogP contribution >= 0.6 is 0 Å². The van der Waals surface area contributed by atoms with Gasteiger partial charge in [0, 0.05) is 6.61 Å². The van der Waals surface area contributed by atoms with Crippen LogP contribution in [0.1, 0.15) is 39.4 Å². The Morgan fingerprint density at radius 2 is 1.77 bits per heavy atom. The predicted octanol–water partition coefficient (Wildman–Crippen LogP) is 3.84. The van der Waals surface area contributed by atoms with Gasteiger partial charge in [0.2, 0.25) is 0 Å². The van der Waals surface area contributed by atoms with E-state index < -0.39 is 0 Å². The van der Waals surface area contributed by atoms with E-state index in [1.807, 2.05) is 18.2 Å². The van der Waals surface area contributed by atoms with E-state index in [0.717, 1.165) is 23.7 Å². The normalized spacial score (nSPS) is 20.5. The van der Waals surface area contributed by atoms with Gasteiger partial charge in [-0.05, 0) is 29.5 Å². The monoisotopic (exact) mass is 308 g/mol. The van der Waals surface area contributed by atoms with E-state index in [1.54, 1.807) is 7.11 Å². The van der Waals surface area contributed by atoms with Crippen LogP contribution in [0, 0.1) is 11.8 Å². The van der Waals surface area contributed by atoms with E-state index in [-0.39, 0.29) is 12.2 Å². The lowest BCUT2D eigenvalue weighted by Crippen LogP contribution is -2.08. The topological polar surface area (TPSA) is 40.2 Å². The summed E-state index contributed by atoms with van der Waals surface area (Å²) in [6, 6.07) is 6.01. The van der Waals surface area contributed by atoms with E-state index in [9.17, 15) is 0 Å². The van der Waals surface area contributed by atoms with Gasteiger partial charge in [0.1, 0.15) is 12.2 Å². The molecule has 0 radical (unpaired) electrons. The summed E-state index contributed by atoms with van der Waals surface area (Å²) in [5.41, 5.74) is 1.12. The molecule has 2 atom stereocenters. The molecule has 22 heavy (non-hydrogen) atoms. The summed E-state index contributed by atoms with van der Waals surface area (Å²) >= 11 is 0. The quantitative estimate of drug-likeness (QED) is 0.650. The van der Waals surface area contributed by atoms with Crippen LogP contribution in [-0.2, 0) is 9.47 Å². The van der Waals surface area contributed by atoms with Crippen LogP contribution in [0.3, 0.4) is 0 Å². The predicted molar refractivity (Wildman–Crippen MR) is 86.6 cm³/mol. The second kappa shape index (κ2) is 7.84. The van der Waals surface area contributed by atoms with E-state index in [0.29, 0.717) is 25.0 Å². The lowest BCUT2D eigenvalue weighted by molar-refractivity contribution is 0.0952. The molecule has 1 aliphatic rings. The third-order valence-electron chi connectivity index (χ3n) is 3.40. The molecule has 124 valence electrons. The molecule has 1 aromatic rings. The Hall–Kier alpha value is -1.26. The molecule has 1 aromatic carbocycles. The van der Waals surface area contributed by atoms with Gasteiger partial charge in [-0.3, -0.25) is 0 Å². The highest BCUT2D eigenvalue weighted by molar-refractivity contribution is 5.44. The number of epoxide rings is 1. The molecule has 0 saturated carbocycles. The van der Waals surface area contributed by atoms with Crippen molar-refractivity contribution in [3.8, 4) is 11.5 Å². The van der Waals surface area contributed by atoms with Crippen LogP contribution < -0.4 is 9.47 Å². The Morgan fingerprint density at radius 3 is 2.41 bits per heavy atom. The van der Waals surface area contributed by atoms with E-state index in [4.69, 9.17) is 18.9 Å². The minimum absolute atomic E-state index is 0.111. The fraction of sp³-hybridized carbons (Fsp3) is 0.667. The van der Waals surface area contributed by atoms with Crippen LogP contribution in [0.15, 0.2) is 18.2 Å². The molecule has 4 nitrogen and oxygen atoms in total. The average molecular weight is 308 g/mol. The highest BCUT2D eigenvalue weighted by atomic mass is 16.6. The molecule has 4 heteroatoms. The fourth-order valence-corrected chi connectivity index (χ4v) is 2.22. The molecule has 1 heterocycles. The first-order chi connectivity index (χ1) is 10.5. The minimum atomic E-state index is 0.111. The zero-order valence-corrected chi connectivity index (χ0v) is 14.3. The summed E-state index contributed by atoms with van der Waals surface area (Å²) in [5.74, 6) is 2.58. The van der Waals surface area contributed by atoms with Crippen molar-refractivity contribution in [3.63, 3.8) is 0 Å². The molecule has 1 saturated heterocycles. The van der Waals surface area contributed by atoms with Crippen LogP contribution in [0.4, 0.5) is 0 Å².